The largest absolute Gasteiger partial charge is 0.368 e. The van der Waals surface area contributed by atoms with Crippen molar-refractivity contribution in [3.63, 3.8) is 0 Å². The van der Waals surface area contributed by atoms with Crippen molar-refractivity contribution in [2.75, 3.05) is 31.1 Å². The van der Waals surface area contributed by atoms with Crippen LogP contribution in [0.5, 0.6) is 0 Å². The van der Waals surface area contributed by atoms with Crippen molar-refractivity contribution in [3.05, 3.63) is 59.9 Å². The van der Waals surface area contributed by atoms with Crippen LogP contribution in [0.2, 0.25) is 0 Å². The number of nitrogens with zero attached hydrogens (tertiary/aromatic N) is 5. The van der Waals surface area contributed by atoms with Crippen LogP contribution in [0, 0.1) is 6.92 Å². The molecule has 0 atom stereocenters. The molecule has 1 saturated heterocycles. The number of anilines is 1. The third-order valence-corrected chi connectivity index (χ3v) is 4.49. The zero-order valence-corrected chi connectivity index (χ0v) is 14.1. The van der Waals surface area contributed by atoms with Gasteiger partial charge in [-0.05, 0) is 36.8 Å². The van der Waals surface area contributed by atoms with Gasteiger partial charge in [0.2, 0.25) is 5.82 Å². The Bertz CT molecular complexity index is 904. The summed E-state index contributed by atoms with van der Waals surface area (Å²) < 4.78 is 0. The molecule has 0 spiro atoms. The maximum Gasteiger partial charge on any atom is 0.293 e. The summed E-state index contributed by atoms with van der Waals surface area (Å²) in [6.07, 6.45) is 0. The molecule has 0 saturated carbocycles. The van der Waals surface area contributed by atoms with Crippen LogP contribution in [-0.4, -0.2) is 52.2 Å². The number of rotatable bonds is 2. The number of para-hydroxylation sites is 1. The van der Waals surface area contributed by atoms with E-state index in [0.29, 0.717) is 24.1 Å². The van der Waals surface area contributed by atoms with E-state index in [9.17, 15) is 4.79 Å². The molecule has 1 fully saturated rings. The first-order valence-corrected chi connectivity index (χ1v) is 8.41. The second-order valence-electron chi connectivity index (χ2n) is 6.24. The molecule has 2 aromatic carbocycles. The molecule has 3 aromatic rings. The summed E-state index contributed by atoms with van der Waals surface area (Å²) in [4.78, 5) is 21.2. The number of fused-ring (bicyclic) bond motifs is 1. The number of aryl methyl sites for hydroxylation is 1. The average molecular weight is 333 g/mol. The normalized spacial score (nSPS) is 14.8. The molecular weight excluding hydrogens is 314 g/mol. The van der Waals surface area contributed by atoms with E-state index in [-0.39, 0.29) is 11.7 Å². The van der Waals surface area contributed by atoms with Gasteiger partial charge < -0.3 is 9.80 Å². The fourth-order valence-electron chi connectivity index (χ4n) is 3.08. The molecule has 2 heterocycles. The van der Waals surface area contributed by atoms with Crippen molar-refractivity contribution in [3.8, 4) is 0 Å². The second kappa shape index (κ2) is 6.47. The van der Waals surface area contributed by atoms with Gasteiger partial charge in [-0.15, -0.1) is 10.2 Å². The van der Waals surface area contributed by atoms with Crippen LogP contribution >= 0.6 is 0 Å². The molecule has 1 amide bonds. The topological polar surface area (TPSA) is 62.2 Å². The molecule has 0 radical (unpaired) electrons. The molecule has 0 N–H and O–H groups in total. The van der Waals surface area contributed by atoms with Crippen molar-refractivity contribution in [2.45, 2.75) is 6.92 Å². The van der Waals surface area contributed by atoms with Gasteiger partial charge in [0.05, 0.1) is 5.52 Å². The molecule has 0 unspecified atom stereocenters. The Morgan fingerprint density at radius 3 is 2.44 bits per heavy atom. The maximum absolute atomic E-state index is 12.7. The van der Waals surface area contributed by atoms with Gasteiger partial charge in [-0.25, -0.2) is 4.98 Å². The predicted octanol–water partition coefficient (Wildman–Crippen LogP) is 2.30. The summed E-state index contributed by atoms with van der Waals surface area (Å²) in [6, 6.07) is 16.0. The van der Waals surface area contributed by atoms with Gasteiger partial charge in [0.25, 0.3) is 5.91 Å². The molecule has 0 aliphatic carbocycles. The molecule has 25 heavy (non-hydrogen) atoms. The molecule has 6 nitrogen and oxygen atoms in total. The van der Waals surface area contributed by atoms with Gasteiger partial charge in [0.15, 0.2) is 0 Å². The van der Waals surface area contributed by atoms with E-state index in [4.69, 9.17) is 0 Å². The molecule has 1 aliphatic rings. The lowest BCUT2D eigenvalue weighted by molar-refractivity contribution is 0.0733. The monoisotopic (exact) mass is 333 g/mol. The Hall–Kier alpha value is -3.02. The molecule has 6 heteroatoms. The first-order valence-electron chi connectivity index (χ1n) is 8.41. The Morgan fingerprint density at radius 2 is 1.68 bits per heavy atom. The number of aromatic nitrogens is 3. The number of hydrogen-bond donors (Lipinski definition) is 0. The van der Waals surface area contributed by atoms with Gasteiger partial charge in [-0.3, -0.25) is 4.79 Å². The van der Waals surface area contributed by atoms with E-state index in [1.807, 2.05) is 43.3 Å². The standard InChI is InChI=1S/C19H19N5O/c1-14-7-8-16-17(13-14)20-18(22-21-16)19(25)24-11-9-23(10-12-24)15-5-3-2-4-6-15/h2-8,13H,9-12H2,1H3. The van der Waals surface area contributed by atoms with Gasteiger partial charge in [-0.2, -0.15) is 0 Å². The number of hydrogen-bond acceptors (Lipinski definition) is 5. The van der Waals surface area contributed by atoms with E-state index >= 15 is 0 Å². The minimum atomic E-state index is -0.149. The highest BCUT2D eigenvalue weighted by atomic mass is 16.2. The van der Waals surface area contributed by atoms with Crippen LogP contribution in [0.25, 0.3) is 11.0 Å². The van der Waals surface area contributed by atoms with Crippen LogP contribution in [0.4, 0.5) is 5.69 Å². The minimum absolute atomic E-state index is 0.149. The Kier molecular flexibility index (Phi) is 4.01. The maximum atomic E-state index is 12.7. The van der Waals surface area contributed by atoms with Gasteiger partial charge in [0, 0.05) is 31.9 Å². The van der Waals surface area contributed by atoms with Crippen molar-refractivity contribution in [1.82, 2.24) is 20.1 Å². The molecular formula is C19H19N5O. The molecule has 1 aromatic heterocycles. The number of amides is 1. The van der Waals surface area contributed by atoms with E-state index < -0.39 is 0 Å². The Morgan fingerprint density at radius 1 is 0.920 bits per heavy atom. The van der Waals surface area contributed by atoms with Crippen LogP contribution < -0.4 is 4.90 Å². The zero-order valence-electron chi connectivity index (χ0n) is 14.1. The lowest BCUT2D eigenvalue weighted by atomic mass is 10.2. The molecule has 1 aliphatic heterocycles. The quantitative estimate of drug-likeness (QED) is 0.720. The van der Waals surface area contributed by atoms with Crippen LogP contribution in [0.3, 0.4) is 0 Å². The first-order chi connectivity index (χ1) is 12.2. The van der Waals surface area contributed by atoms with Gasteiger partial charge >= 0.3 is 0 Å². The smallest absolute Gasteiger partial charge is 0.293 e. The summed E-state index contributed by atoms with van der Waals surface area (Å²) in [5.74, 6) is 0.0230. The number of carbonyl (C=O) groups excluding carboxylic acids is 1. The van der Waals surface area contributed by atoms with E-state index in [2.05, 4.69) is 32.2 Å². The Balaban J connectivity index is 1.49. The number of carbonyl (C=O) groups is 1. The summed E-state index contributed by atoms with van der Waals surface area (Å²) in [7, 11) is 0. The van der Waals surface area contributed by atoms with Crippen molar-refractivity contribution < 1.29 is 4.79 Å². The second-order valence-corrected chi connectivity index (χ2v) is 6.24. The summed E-state index contributed by atoms with van der Waals surface area (Å²) in [6.45, 7) is 4.91. The molecule has 0 bridgehead atoms. The average Bonchev–Trinajstić information content (AvgIpc) is 2.67. The lowest BCUT2D eigenvalue weighted by Gasteiger charge is -2.35. The van der Waals surface area contributed by atoms with E-state index in [1.165, 1.54) is 5.69 Å². The van der Waals surface area contributed by atoms with Crippen LogP contribution in [0.1, 0.15) is 16.2 Å². The highest BCUT2D eigenvalue weighted by Gasteiger charge is 2.24. The molecule has 4 rings (SSSR count). The highest BCUT2D eigenvalue weighted by molar-refractivity contribution is 5.92. The number of piperazine rings is 1. The molecule has 126 valence electrons. The minimum Gasteiger partial charge on any atom is -0.368 e. The number of benzene rings is 2. The van der Waals surface area contributed by atoms with Crippen LogP contribution in [0.15, 0.2) is 48.5 Å². The van der Waals surface area contributed by atoms with E-state index in [1.54, 1.807) is 4.90 Å². The fraction of sp³-hybridized carbons (Fsp3) is 0.263. The van der Waals surface area contributed by atoms with E-state index in [0.717, 1.165) is 18.7 Å². The third-order valence-electron chi connectivity index (χ3n) is 4.49. The summed E-state index contributed by atoms with van der Waals surface area (Å²) in [5, 5.41) is 8.15. The summed E-state index contributed by atoms with van der Waals surface area (Å²) in [5.41, 5.74) is 3.69. The fourth-order valence-corrected chi connectivity index (χ4v) is 3.08. The zero-order chi connectivity index (χ0) is 17.2. The lowest BCUT2D eigenvalue weighted by Crippen LogP contribution is -2.49. The SMILES string of the molecule is Cc1ccc2nnc(C(=O)N3CCN(c4ccccc4)CC3)nc2c1. The highest BCUT2D eigenvalue weighted by Crippen LogP contribution is 2.17. The van der Waals surface area contributed by atoms with Crippen LogP contribution in [-0.2, 0) is 0 Å². The third kappa shape index (κ3) is 3.15. The predicted molar refractivity (Wildman–Crippen MR) is 96.6 cm³/mol. The first kappa shape index (κ1) is 15.5. The van der Waals surface area contributed by atoms with Crippen molar-refractivity contribution in [1.29, 1.82) is 0 Å². The van der Waals surface area contributed by atoms with Crippen molar-refractivity contribution in [2.24, 2.45) is 0 Å². The Labute approximate surface area is 146 Å². The van der Waals surface area contributed by atoms with Gasteiger partial charge in [-0.1, -0.05) is 24.3 Å². The van der Waals surface area contributed by atoms with Gasteiger partial charge in [0.1, 0.15) is 5.52 Å². The van der Waals surface area contributed by atoms with Crippen molar-refractivity contribution >= 4 is 22.6 Å². The summed E-state index contributed by atoms with van der Waals surface area (Å²) >= 11 is 0.